The van der Waals surface area contributed by atoms with Gasteiger partial charge in [0.1, 0.15) is 0 Å². The summed E-state index contributed by atoms with van der Waals surface area (Å²) in [5.74, 6) is 0.179. The molecule has 1 unspecified atom stereocenters. The molecule has 88 valence electrons. The minimum absolute atomic E-state index is 0.349. The molecule has 0 amide bonds. The maximum Gasteiger partial charge on any atom is 0.338 e. The van der Waals surface area contributed by atoms with Gasteiger partial charge in [-0.15, -0.1) is 11.8 Å². The lowest BCUT2D eigenvalue weighted by molar-refractivity contribution is -0.161. The van der Waals surface area contributed by atoms with Crippen LogP contribution < -0.4 is 0 Å². The van der Waals surface area contributed by atoms with Crippen molar-refractivity contribution >= 4 is 17.7 Å². The number of methoxy groups -OCH3 is 2. The van der Waals surface area contributed by atoms with Crippen molar-refractivity contribution in [2.24, 2.45) is 0 Å². The Morgan fingerprint density at radius 2 is 1.94 bits per heavy atom. The van der Waals surface area contributed by atoms with Crippen LogP contribution in [0.5, 0.6) is 0 Å². The molecule has 4 heteroatoms. The van der Waals surface area contributed by atoms with Crippen LogP contribution in [0, 0.1) is 0 Å². The number of ether oxygens (including phenoxy) is 2. The van der Waals surface area contributed by atoms with E-state index in [0.29, 0.717) is 5.75 Å². The van der Waals surface area contributed by atoms with Gasteiger partial charge in [-0.2, -0.15) is 0 Å². The molecule has 3 nitrogen and oxygen atoms in total. The fourth-order valence-corrected chi connectivity index (χ4v) is 2.18. The largest absolute Gasteiger partial charge is 0.467 e. The molecular formula is C12H16O3S. The Hall–Kier alpha value is -1.00. The predicted octanol–water partition coefficient (Wildman–Crippen LogP) is 2.36. The monoisotopic (exact) mass is 240 g/mol. The molecule has 0 aliphatic heterocycles. The van der Waals surface area contributed by atoms with Gasteiger partial charge < -0.3 is 9.47 Å². The average Bonchev–Trinajstić information content (AvgIpc) is 2.36. The zero-order valence-corrected chi connectivity index (χ0v) is 10.5. The fraction of sp³-hybridized carbons (Fsp3) is 0.417. The molecule has 1 aromatic carbocycles. The van der Waals surface area contributed by atoms with Gasteiger partial charge in [-0.25, -0.2) is 4.79 Å². The number of thioether (sulfide) groups is 1. The summed E-state index contributed by atoms with van der Waals surface area (Å²) < 4.78 is 9.93. The van der Waals surface area contributed by atoms with E-state index < -0.39 is 5.60 Å². The molecular weight excluding hydrogens is 224 g/mol. The van der Waals surface area contributed by atoms with E-state index >= 15 is 0 Å². The maximum absolute atomic E-state index is 11.5. The van der Waals surface area contributed by atoms with E-state index in [-0.39, 0.29) is 5.97 Å². The normalized spacial score (nSPS) is 14.2. The van der Waals surface area contributed by atoms with Crippen LogP contribution in [0.15, 0.2) is 35.2 Å². The van der Waals surface area contributed by atoms with E-state index in [4.69, 9.17) is 9.47 Å². The summed E-state index contributed by atoms with van der Waals surface area (Å²) in [6, 6.07) is 9.88. The Morgan fingerprint density at radius 3 is 2.44 bits per heavy atom. The van der Waals surface area contributed by atoms with Crippen molar-refractivity contribution in [1.29, 1.82) is 0 Å². The lowest BCUT2D eigenvalue weighted by atomic mass is 10.1. The first-order valence-corrected chi connectivity index (χ1v) is 5.92. The molecule has 0 saturated heterocycles. The van der Waals surface area contributed by atoms with Crippen molar-refractivity contribution in [3.05, 3.63) is 30.3 Å². The molecule has 1 rings (SSSR count). The average molecular weight is 240 g/mol. The minimum atomic E-state index is -0.894. The molecule has 0 radical (unpaired) electrons. The van der Waals surface area contributed by atoms with E-state index in [1.807, 2.05) is 30.3 Å². The van der Waals surface area contributed by atoms with Crippen LogP contribution in [0.1, 0.15) is 6.92 Å². The van der Waals surface area contributed by atoms with Gasteiger partial charge in [0.2, 0.25) is 0 Å². The Morgan fingerprint density at radius 1 is 1.31 bits per heavy atom. The quantitative estimate of drug-likeness (QED) is 0.584. The molecule has 1 aromatic rings. The Bertz CT molecular complexity index is 339. The zero-order chi connectivity index (χ0) is 12.0. The van der Waals surface area contributed by atoms with E-state index in [2.05, 4.69) is 0 Å². The van der Waals surface area contributed by atoms with Gasteiger partial charge in [0.15, 0.2) is 5.60 Å². The number of hydrogen-bond acceptors (Lipinski definition) is 4. The standard InChI is InChI=1S/C12H16O3S/c1-12(15-3,11(13)14-2)9-16-10-7-5-4-6-8-10/h4-8H,9H2,1-3H3. The van der Waals surface area contributed by atoms with Crippen molar-refractivity contribution in [3.63, 3.8) is 0 Å². The number of hydrogen-bond donors (Lipinski definition) is 0. The number of benzene rings is 1. The van der Waals surface area contributed by atoms with Crippen LogP contribution in [0.25, 0.3) is 0 Å². The van der Waals surface area contributed by atoms with Crippen molar-refractivity contribution in [2.75, 3.05) is 20.0 Å². The summed E-state index contributed by atoms with van der Waals surface area (Å²) in [7, 11) is 2.88. The third-order valence-corrected chi connectivity index (χ3v) is 3.63. The number of esters is 1. The summed E-state index contributed by atoms with van der Waals surface area (Å²) in [6.07, 6.45) is 0. The van der Waals surface area contributed by atoms with E-state index in [9.17, 15) is 4.79 Å². The third kappa shape index (κ3) is 3.25. The summed E-state index contributed by atoms with van der Waals surface area (Å²) >= 11 is 1.57. The smallest absolute Gasteiger partial charge is 0.338 e. The van der Waals surface area contributed by atoms with Gasteiger partial charge in [-0.3, -0.25) is 0 Å². The van der Waals surface area contributed by atoms with Crippen LogP contribution in [0.4, 0.5) is 0 Å². The lowest BCUT2D eigenvalue weighted by Crippen LogP contribution is -2.41. The van der Waals surface area contributed by atoms with Crippen LogP contribution in [-0.2, 0) is 14.3 Å². The number of carbonyl (C=O) groups excluding carboxylic acids is 1. The summed E-state index contributed by atoms with van der Waals surface area (Å²) in [4.78, 5) is 12.6. The second-order valence-electron chi connectivity index (χ2n) is 3.53. The molecule has 0 aliphatic rings. The second kappa shape index (κ2) is 5.92. The van der Waals surface area contributed by atoms with Crippen LogP contribution in [0.2, 0.25) is 0 Å². The summed E-state index contributed by atoms with van der Waals surface area (Å²) in [5.41, 5.74) is -0.894. The second-order valence-corrected chi connectivity index (χ2v) is 4.58. The SMILES string of the molecule is COC(=O)C(C)(CSc1ccccc1)OC. The maximum atomic E-state index is 11.5. The Balaban J connectivity index is 2.62. The van der Waals surface area contributed by atoms with E-state index in [1.54, 1.807) is 18.7 Å². The molecule has 0 spiro atoms. The molecule has 0 N–H and O–H groups in total. The van der Waals surface area contributed by atoms with Gasteiger partial charge in [0, 0.05) is 17.8 Å². The summed E-state index contributed by atoms with van der Waals surface area (Å²) in [6.45, 7) is 1.73. The topological polar surface area (TPSA) is 35.5 Å². The van der Waals surface area contributed by atoms with Gasteiger partial charge in [-0.05, 0) is 19.1 Å². The van der Waals surface area contributed by atoms with E-state index in [0.717, 1.165) is 4.90 Å². The Labute approximate surface area is 100 Å². The first kappa shape index (κ1) is 13.1. The molecule has 0 aliphatic carbocycles. The van der Waals surface area contributed by atoms with Crippen LogP contribution in [-0.4, -0.2) is 31.5 Å². The van der Waals surface area contributed by atoms with Gasteiger partial charge in [-0.1, -0.05) is 18.2 Å². The highest BCUT2D eigenvalue weighted by Gasteiger charge is 2.34. The first-order chi connectivity index (χ1) is 7.62. The summed E-state index contributed by atoms with van der Waals surface area (Å²) in [5, 5.41) is 0. The van der Waals surface area contributed by atoms with Crippen molar-refractivity contribution in [1.82, 2.24) is 0 Å². The van der Waals surface area contributed by atoms with Gasteiger partial charge in [0.25, 0.3) is 0 Å². The molecule has 0 fully saturated rings. The highest BCUT2D eigenvalue weighted by Crippen LogP contribution is 2.25. The highest BCUT2D eigenvalue weighted by atomic mass is 32.2. The Kier molecular flexibility index (Phi) is 4.83. The predicted molar refractivity (Wildman–Crippen MR) is 64.6 cm³/mol. The van der Waals surface area contributed by atoms with Crippen LogP contribution in [0.3, 0.4) is 0 Å². The first-order valence-electron chi connectivity index (χ1n) is 4.94. The molecule has 0 bridgehead atoms. The van der Waals surface area contributed by atoms with Crippen molar-refractivity contribution in [2.45, 2.75) is 17.4 Å². The van der Waals surface area contributed by atoms with E-state index in [1.165, 1.54) is 14.2 Å². The van der Waals surface area contributed by atoms with Crippen molar-refractivity contribution < 1.29 is 14.3 Å². The highest BCUT2D eigenvalue weighted by molar-refractivity contribution is 7.99. The molecule has 16 heavy (non-hydrogen) atoms. The molecule has 0 heterocycles. The molecule has 1 atom stereocenters. The number of rotatable bonds is 5. The van der Waals surface area contributed by atoms with Crippen LogP contribution >= 0.6 is 11.8 Å². The van der Waals surface area contributed by atoms with Gasteiger partial charge in [0.05, 0.1) is 7.11 Å². The van der Waals surface area contributed by atoms with Gasteiger partial charge >= 0.3 is 5.97 Å². The van der Waals surface area contributed by atoms with Crippen molar-refractivity contribution in [3.8, 4) is 0 Å². The third-order valence-electron chi connectivity index (χ3n) is 2.33. The lowest BCUT2D eigenvalue weighted by Gasteiger charge is -2.24. The molecule has 0 saturated carbocycles. The number of carbonyl (C=O) groups is 1. The fourth-order valence-electron chi connectivity index (χ4n) is 1.15. The zero-order valence-electron chi connectivity index (χ0n) is 9.73. The molecule has 0 aromatic heterocycles. The minimum Gasteiger partial charge on any atom is -0.467 e.